The first kappa shape index (κ1) is 17.9. The molecule has 0 aliphatic carbocycles. The molecule has 0 aliphatic rings. The molecule has 0 fully saturated rings. The third-order valence-corrected chi connectivity index (χ3v) is 4.59. The van der Waals surface area contributed by atoms with Gasteiger partial charge in [-0.15, -0.1) is 0 Å². The molecule has 1 N–H and O–H groups in total. The van der Waals surface area contributed by atoms with Crippen molar-refractivity contribution >= 4 is 22.4 Å². The van der Waals surface area contributed by atoms with Crippen LogP contribution in [0.3, 0.4) is 0 Å². The number of alkyl halides is 2. The molecule has 6 nitrogen and oxygen atoms in total. The Morgan fingerprint density at radius 3 is 2.81 bits per heavy atom. The fourth-order valence-electron chi connectivity index (χ4n) is 2.28. The van der Waals surface area contributed by atoms with Crippen LogP contribution >= 0.6 is 11.3 Å². The lowest BCUT2D eigenvalue weighted by Gasteiger charge is -2.05. The van der Waals surface area contributed by atoms with Crippen LogP contribution in [0.15, 0.2) is 30.6 Å². The van der Waals surface area contributed by atoms with E-state index in [1.165, 1.54) is 25.4 Å². The van der Waals surface area contributed by atoms with Crippen LogP contribution < -0.4 is 10.1 Å². The van der Waals surface area contributed by atoms with Gasteiger partial charge in [0.2, 0.25) is 0 Å². The number of carbonyl (C=O) groups is 1. The van der Waals surface area contributed by atoms with Crippen molar-refractivity contribution in [3.8, 4) is 16.5 Å². The van der Waals surface area contributed by atoms with E-state index in [1.54, 1.807) is 6.92 Å². The van der Waals surface area contributed by atoms with Gasteiger partial charge in [-0.2, -0.15) is 8.78 Å². The molecule has 3 rings (SSSR count). The van der Waals surface area contributed by atoms with Gasteiger partial charge in [0.25, 0.3) is 5.91 Å². The van der Waals surface area contributed by atoms with Crippen LogP contribution in [-0.2, 0) is 0 Å². The monoisotopic (exact) mass is 382 g/mol. The van der Waals surface area contributed by atoms with Crippen molar-refractivity contribution in [2.45, 2.75) is 13.5 Å². The number of anilines is 1. The van der Waals surface area contributed by atoms with E-state index in [1.807, 2.05) is 0 Å². The molecule has 136 valence electrons. The molecule has 2 aromatic heterocycles. The van der Waals surface area contributed by atoms with Crippen molar-refractivity contribution in [2.75, 3.05) is 12.4 Å². The topological polar surface area (TPSA) is 69.0 Å². The third-order valence-electron chi connectivity index (χ3n) is 3.52. The normalized spacial score (nSPS) is 11.0. The molecule has 0 aliphatic heterocycles. The van der Waals surface area contributed by atoms with Gasteiger partial charge in [0.05, 0.1) is 23.2 Å². The number of methoxy groups -OCH3 is 1. The summed E-state index contributed by atoms with van der Waals surface area (Å²) in [5.74, 6) is -1.12. The van der Waals surface area contributed by atoms with E-state index in [9.17, 15) is 18.0 Å². The molecule has 0 radical (unpaired) electrons. The minimum Gasteiger partial charge on any atom is -0.497 e. The molecule has 0 spiro atoms. The number of amides is 1. The summed E-state index contributed by atoms with van der Waals surface area (Å²) >= 11 is 0.978. The first-order valence-electron chi connectivity index (χ1n) is 7.34. The Morgan fingerprint density at radius 2 is 2.15 bits per heavy atom. The second-order valence-electron chi connectivity index (χ2n) is 5.17. The van der Waals surface area contributed by atoms with Crippen LogP contribution in [0.4, 0.5) is 18.3 Å². The van der Waals surface area contributed by atoms with Crippen LogP contribution in [0, 0.1) is 12.7 Å². The summed E-state index contributed by atoms with van der Waals surface area (Å²) in [6, 6.07) is 3.83. The van der Waals surface area contributed by atoms with E-state index < -0.39 is 18.3 Å². The van der Waals surface area contributed by atoms with Crippen LogP contribution in [0.2, 0.25) is 0 Å². The van der Waals surface area contributed by atoms with Gasteiger partial charge in [0, 0.05) is 18.5 Å². The third kappa shape index (κ3) is 3.40. The van der Waals surface area contributed by atoms with E-state index in [-0.39, 0.29) is 22.3 Å². The van der Waals surface area contributed by atoms with E-state index in [2.05, 4.69) is 15.3 Å². The number of rotatable bonds is 5. The molecule has 0 saturated heterocycles. The molecular formula is C16H13F3N4O2S. The van der Waals surface area contributed by atoms with Gasteiger partial charge < -0.3 is 4.74 Å². The highest BCUT2D eigenvalue weighted by Crippen LogP contribution is 2.33. The Hall–Kier alpha value is -2.88. The number of imidazole rings is 1. The number of aryl methyl sites for hydroxylation is 1. The highest BCUT2D eigenvalue weighted by Gasteiger charge is 2.20. The quantitative estimate of drug-likeness (QED) is 0.721. The molecule has 0 atom stereocenters. The predicted octanol–water partition coefficient (Wildman–Crippen LogP) is 4.11. The fraction of sp³-hybridized carbons (Fsp3) is 0.188. The second-order valence-corrected chi connectivity index (χ2v) is 6.17. The Morgan fingerprint density at radius 1 is 1.38 bits per heavy atom. The summed E-state index contributed by atoms with van der Waals surface area (Å²) in [4.78, 5) is 20.7. The van der Waals surface area contributed by atoms with Gasteiger partial charge in [0.1, 0.15) is 11.6 Å². The summed E-state index contributed by atoms with van der Waals surface area (Å²) < 4.78 is 45.6. The minimum absolute atomic E-state index is 0.0473. The van der Waals surface area contributed by atoms with Crippen molar-refractivity contribution in [1.29, 1.82) is 0 Å². The molecule has 0 saturated carbocycles. The minimum atomic E-state index is -2.75. The number of carbonyl (C=O) groups excluding carboxylic acids is 1. The van der Waals surface area contributed by atoms with Gasteiger partial charge in [-0.3, -0.25) is 14.7 Å². The van der Waals surface area contributed by atoms with E-state index in [4.69, 9.17) is 4.74 Å². The van der Waals surface area contributed by atoms with E-state index >= 15 is 0 Å². The van der Waals surface area contributed by atoms with Crippen molar-refractivity contribution in [3.63, 3.8) is 0 Å². The number of hydrogen-bond acceptors (Lipinski definition) is 5. The molecule has 0 bridgehead atoms. The zero-order valence-electron chi connectivity index (χ0n) is 13.7. The highest BCUT2D eigenvalue weighted by molar-refractivity contribution is 7.19. The zero-order valence-corrected chi connectivity index (χ0v) is 14.5. The lowest BCUT2D eigenvalue weighted by atomic mass is 10.2. The summed E-state index contributed by atoms with van der Waals surface area (Å²) in [5.41, 5.74) is 0.239. The smallest absolute Gasteiger partial charge is 0.320 e. The number of aromatic nitrogens is 3. The van der Waals surface area contributed by atoms with Crippen LogP contribution in [0.1, 0.15) is 22.6 Å². The van der Waals surface area contributed by atoms with Crippen LogP contribution in [0.5, 0.6) is 5.75 Å². The van der Waals surface area contributed by atoms with Gasteiger partial charge in [-0.05, 0) is 19.1 Å². The molecule has 0 unspecified atom stereocenters. The predicted molar refractivity (Wildman–Crippen MR) is 90.2 cm³/mol. The fourth-order valence-corrected chi connectivity index (χ4v) is 3.24. The molecular weight excluding hydrogens is 369 g/mol. The average Bonchev–Trinajstić information content (AvgIpc) is 3.20. The van der Waals surface area contributed by atoms with Crippen molar-refractivity contribution < 1.29 is 22.7 Å². The Bertz CT molecular complexity index is 955. The number of thiazole rings is 1. The van der Waals surface area contributed by atoms with E-state index in [0.717, 1.165) is 23.6 Å². The molecule has 1 aromatic carbocycles. The summed E-state index contributed by atoms with van der Waals surface area (Å²) in [7, 11) is 1.39. The second kappa shape index (κ2) is 7.16. The highest BCUT2D eigenvalue weighted by atomic mass is 32.1. The number of nitrogens with one attached hydrogen (secondary N) is 1. The Labute approximate surface area is 150 Å². The number of halogens is 3. The van der Waals surface area contributed by atoms with Crippen molar-refractivity contribution in [1.82, 2.24) is 14.5 Å². The molecule has 1 amide bonds. The standard InChI is InChI=1S/C16H13F3N4O2S/c1-8-12(13-20-5-6-23(13)15(18)19)26-16(21-8)22-14(24)10-4-3-9(25-2)7-11(10)17/h3-7,15H,1-2H3,(H,21,22,24). The first-order valence-corrected chi connectivity index (χ1v) is 8.16. The molecule has 10 heteroatoms. The summed E-state index contributed by atoms with van der Waals surface area (Å²) in [6.45, 7) is -1.14. The van der Waals surface area contributed by atoms with Crippen molar-refractivity contribution in [3.05, 3.63) is 47.7 Å². The zero-order chi connectivity index (χ0) is 18.8. The lowest BCUT2D eigenvalue weighted by molar-refractivity contribution is 0.0720. The summed E-state index contributed by atoms with van der Waals surface area (Å²) in [6.07, 6.45) is 2.41. The largest absolute Gasteiger partial charge is 0.497 e. The van der Waals surface area contributed by atoms with Crippen molar-refractivity contribution in [2.24, 2.45) is 0 Å². The van der Waals surface area contributed by atoms with Crippen LogP contribution in [0.25, 0.3) is 10.7 Å². The average molecular weight is 382 g/mol. The maximum absolute atomic E-state index is 14.0. The summed E-state index contributed by atoms with van der Waals surface area (Å²) in [5, 5.41) is 2.63. The number of benzene rings is 1. The van der Waals surface area contributed by atoms with E-state index in [0.29, 0.717) is 15.1 Å². The number of nitrogens with zero attached hydrogens (tertiary/aromatic N) is 3. The molecule has 2 heterocycles. The van der Waals surface area contributed by atoms with Gasteiger partial charge in [-0.25, -0.2) is 14.4 Å². The number of hydrogen-bond donors (Lipinski definition) is 1. The van der Waals surface area contributed by atoms with Crippen LogP contribution in [-0.4, -0.2) is 27.6 Å². The number of ether oxygens (including phenoxy) is 1. The Balaban J connectivity index is 1.86. The van der Waals surface area contributed by atoms with Gasteiger partial charge in [-0.1, -0.05) is 11.3 Å². The molecule has 3 aromatic rings. The van der Waals surface area contributed by atoms with Gasteiger partial charge in [0.15, 0.2) is 11.0 Å². The Kier molecular flexibility index (Phi) is 4.94. The van der Waals surface area contributed by atoms with Gasteiger partial charge >= 0.3 is 6.55 Å². The first-order chi connectivity index (χ1) is 12.4. The maximum atomic E-state index is 14.0. The molecule has 26 heavy (non-hydrogen) atoms. The maximum Gasteiger partial charge on any atom is 0.320 e. The SMILES string of the molecule is COc1ccc(C(=O)Nc2nc(C)c(-c3nccn3C(F)F)s2)c(F)c1. The lowest BCUT2D eigenvalue weighted by Crippen LogP contribution is -2.13.